The Morgan fingerprint density at radius 1 is 1.22 bits per heavy atom. The fourth-order valence-corrected chi connectivity index (χ4v) is 2.26. The molecule has 0 saturated carbocycles. The highest BCUT2D eigenvalue weighted by atomic mass is 79.9. The van der Waals surface area contributed by atoms with E-state index in [-0.39, 0.29) is 4.47 Å². The molecule has 0 aliphatic carbocycles. The van der Waals surface area contributed by atoms with Gasteiger partial charge in [0.25, 0.3) is 0 Å². The van der Waals surface area contributed by atoms with Gasteiger partial charge in [0.15, 0.2) is 0 Å². The zero-order valence-electron chi connectivity index (χ0n) is 9.52. The smallest absolute Gasteiger partial charge is 0.344 e. The summed E-state index contributed by atoms with van der Waals surface area (Å²) in [6.45, 7) is 0.741. The van der Waals surface area contributed by atoms with E-state index in [9.17, 15) is 13.2 Å². The molecule has 0 amide bonds. The van der Waals surface area contributed by atoms with Gasteiger partial charge in [0.2, 0.25) is 0 Å². The van der Waals surface area contributed by atoms with Gasteiger partial charge in [0.1, 0.15) is 5.84 Å². The molecule has 98 valence electrons. The fourth-order valence-electron chi connectivity index (χ4n) is 1.79. The summed E-state index contributed by atoms with van der Waals surface area (Å²) in [6.07, 6.45) is -1.50. The molecule has 2 nitrogen and oxygen atoms in total. The monoisotopic (exact) mass is 320 g/mol. The molecule has 18 heavy (non-hydrogen) atoms. The van der Waals surface area contributed by atoms with Crippen molar-refractivity contribution >= 4 is 27.5 Å². The molecule has 1 aromatic rings. The van der Waals surface area contributed by atoms with Crippen LogP contribution in [0.1, 0.15) is 24.8 Å². The maximum Gasteiger partial charge on any atom is 0.417 e. The molecule has 0 radical (unpaired) electrons. The molecule has 1 aromatic carbocycles. The van der Waals surface area contributed by atoms with Gasteiger partial charge in [-0.15, -0.1) is 0 Å². The number of hydrogen-bond donors (Lipinski definition) is 1. The molecule has 0 bridgehead atoms. The van der Waals surface area contributed by atoms with Crippen molar-refractivity contribution in [3.8, 4) is 0 Å². The zero-order valence-corrected chi connectivity index (χ0v) is 11.1. The highest BCUT2D eigenvalue weighted by Crippen LogP contribution is 2.36. The van der Waals surface area contributed by atoms with Crippen LogP contribution in [0.4, 0.5) is 18.9 Å². The topological polar surface area (TPSA) is 24.4 Å². The van der Waals surface area contributed by atoms with Crippen molar-refractivity contribution in [1.82, 2.24) is 0 Å². The Morgan fingerprint density at radius 3 is 2.61 bits per heavy atom. The summed E-state index contributed by atoms with van der Waals surface area (Å²) in [5, 5.41) is 2.95. The lowest BCUT2D eigenvalue weighted by atomic mass is 10.1. The second kappa shape index (κ2) is 5.30. The number of hydrogen-bond acceptors (Lipinski definition) is 2. The zero-order chi connectivity index (χ0) is 13.2. The largest absolute Gasteiger partial charge is 0.417 e. The molecule has 0 atom stereocenters. The van der Waals surface area contributed by atoms with Gasteiger partial charge in [-0.25, -0.2) is 0 Å². The highest BCUT2D eigenvalue weighted by molar-refractivity contribution is 9.10. The Balaban J connectivity index is 2.22. The van der Waals surface area contributed by atoms with Gasteiger partial charge in [-0.2, -0.15) is 13.2 Å². The van der Waals surface area contributed by atoms with E-state index in [2.05, 4.69) is 26.2 Å². The normalized spacial score (nSPS) is 16.3. The molecule has 1 aliphatic heterocycles. The lowest BCUT2D eigenvalue weighted by molar-refractivity contribution is -0.138. The third-order valence-electron chi connectivity index (χ3n) is 2.68. The number of nitrogens with one attached hydrogen (secondary N) is 1. The molecule has 0 spiro atoms. The van der Waals surface area contributed by atoms with Crippen LogP contribution < -0.4 is 5.32 Å². The predicted molar refractivity (Wildman–Crippen MR) is 68.9 cm³/mol. The first kappa shape index (κ1) is 13.4. The van der Waals surface area contributed by atoms with Crippen molar-refractivity contribution in [3.05, 3.63) is 28.2 Å². The first-order valence-electron chi connectivity index (χ1n) is 5.64. The third-order valence-corrected chi connectivity index (χ3v) is 3.38. The van der Waals surface area contributed by atoms with Crippen LogP contribution in [0.15, 0.2) is 27.7 Å². The van der Waals surface area contributed by atoms with Crippen LogP contribution in [0.5, 0.6) is 0 Å². The van der Waals surface area contributed by atoms with Crippen LogP contribution in [-0.2, 0) is 6.18 Å². The number of amidine groups is 1. The lowest BCUT2D eigenvalue weighted by Gasteiger charge is -2.16. The van der Waals surface area contributed by atoms with Crippen molar-refractivity contribution in [1.29, 1.82) is 0 Å². The van der Waals surface area contributed by atoms with E-state index in [4.69, 9.17) is 0 Å². The second-order valence-electron chi connectivity index (χ2n) is 4.10. The molecule has 0 aromatic heterocycles. The van der Waals surface area contributed by atoms with E-state index in [0.717, 1.165) is 37.7 Å². The van der Waals surface area contributed by atoms with Crippen LogP contribution in [0.2, 0.25) is 0 Å². The van der Waals surface area contributed by atoms with Crippen LogP contribution in [0, 0.1) is 0 Å². The first-order chi connectivity index (χ1) is 8.47. The molecular weight excluding hydrogens is 309 g/mol. The Bertz CT molecular complexity index is 469. The first-order valence-corrected chi connectivity index (χ1v) is 6.43. The van der Waals surface area contributed by atoms with Crippen molar-refractivity contribution in [2.45, 2.75) is 25.4 Å². The number of anilines is 1. The SMILES string of the molecule is FC(F)(F)c1cc(NC2=NCCCC2)ccc1Br. The average Bonchev–Trinajstić information content (AvgIpc) is 2.31. The van der Waals surface area contributed by atoms with E-state index >= 15 is 0 Å². The van der Waals surface area contributed by atoms with Gasteiger partial charge in [0, 0.05) is 23.1 Å². The summed E-state index contributed by atoms with van der Waals surface area (Å²) >= 11 is 2.91. The van der Waals surface area contributed by atoms with E-state index in [1.807, 2.05) is 0 Å². The van der Waals surface area contributed by atoms with Crippen LogP contribution in [0.3, 0.4) is 0 Å². The molecule has 0 unspecified atom stereocenters. The van der Waals surface area contributed by atoms with E-state index < -0.39 is 11.7 Å². The van der Waals surface area contributed by atoms with E-state index in [1.165, 1.54) is 6.07 Å². The summed E-state index contributed by atoms with van der Waals surface area (Å²) in [6, 6.07) is 4.10. The maximum absolute atomic E-state index is 12.7. The van der Waals surface area contributed by atoms with Crippen LogP contribution >= 0.6 is 15.9 Å². The second-order valence-corrected chi connectivity index (χ2v) is 4.96. The molecule has 2 rings (SSSR count). The number of aliphatic imine (C=N–C) groups is 1. The van der Waals surface area contributed by atoms with Crippen LogP contribution in [-0.4, -0.2) is 12.4 Å². The van der Waals surface area contributed by atoms with Crippen molar-refractivity contribution < 1.29 is 13.2 Å². The van der Waals surface area contributed by atoms with Gasteiger partial charge in [0.05, 0.1) is 5.56 Å². The molecular formula is C12H12BrF3N2. The quantitative estimate of drug-likeness (QED) is 0.811. The van der Waals surface area contributed by atoms with E-state index in [1.54, 1.807) is 6.07 Å². The van der Waals surface area contributed by atoms with Gasteiger partial charge in [-0.1, -0.05) is 15.9 Å². The summed E-state index contributed by atoms with van der Waals surface area (Å²) in [5.41, 5.74) is -0.255. The molecule has 1 N–H and O–H groups in total. The lowest BCUT2D eigenvalue weighted by Crippen LogP contribution is -2.16. The number of benzene rings is 1. The van der Waals surface area contributed by atoms with Gasteiger partial charge in [-0.3, -0.25) is 4.99 Å². The minimum absolute atomic E-state index is 0.0473. The Morgan fingerprint density at radius 2 is 2.00 bits per heavy atom. The molecule has 0 fully saturated rings. The predicted octanol–water partition coefficient (Wildman–Crippen LogP) is 4.46. The van der Waals surface area contributed by atoms with Crippen molar-refractivity contribution in [3.63, 3.8) is 0 Å². The number of rotatable bonds is 1. The van der Waals surface area contributed by atoms with Crippen molar-refractivity contribution in [2.24, 2.45) is 4.99 Å². The summed E-state index contributed by atoms with van der Waals surface area (Å²) in [4.78, 5) is 4.25. The molecule has 6 heteroatoms. The fraction of sp³-hybridized carbons (Fsp3) is 0.417. The number of nitrogens with zero attached hydrogens (tertiary/aromatic N) is 1. The van der Waals surface area contributed by atoms with E-state index in [0.29, 0.717) is 5.69 Å². The third kappa shape index (κ3) is 3.25. The summed E-state index contributed by atoms with van der Waals surface area (Å²) < 4.78 is 38.2. The highest BCUT2D eigenvalue weighted by Gasteiger charge is 2.33. The van der Waals surface area contributed by atoms with Crippen molar-refractivity contribution in [2.75, 3.05) is 11.9 Å². The maximum atomic E-state index is 12.7. The minimum atomic E-state index is -4.36. The number of alkyl halides is 3. The average molecular weight is 321 g/mol. The standard InChI is InChI=1S/C12H12BrF3N2/c13-10-5-4-8(7-9(10)12(14,15)16)18-11-3-1-2-6-17-11/h4-5,7H,1-3,6H2,(H,17,18). The summed E-state index contributed by atoms with van der Waals surface area (Å²) in [5.74, 6) is 0.761. The van der Waals surface area contributed by atoms with Gasteiger partial charge < -0.3 is 5.32 Å². The van der Waals surface area contributed by atoms with Gasteiger partial charge >= 0.3 is 6.18 Å². The molecule has 1 aliphatic rings. The minimum Gasteiger partial charge on any atom is -0.344 e. The Kier molecular flexibility index (Phi) is 3.94. The summed E-state index contributed by atoms with van der Waals surface area (Å²) in [7, 11) is 0. The molecule has 1 heterocycles. The molecule has 0 saturated heterocycles. The number of halogens is 4. The van der Waals surface area contributed by atoms with Crippen LogP contribution in [0.25, 0.3) is 0 Å². The Hall–Kier alpha value is -1.04. The Labute approximate surface area is 111 Å². The van der Waals surface area contributed by atoms with Gasteiger partial charge in [-0.05, 0) is 31.0 Å².